The van der Waals surface area contributed by atoms with Crippen LogP contribution < -0.4 is 16.7 Å². The molecule has 31 heavy (non-hydrogen) atoms. The molecule has 1 aromatic carbocycles. The molecule has 9 nitrogen and oxygen atoms in total. The number of aromatic nitrogens is 2. The Kier molecular flexibility index (Phi) is 6.05. The van der Waals surface area contributed by atoms with Crippen molar-refractivity contribution in [3.05, 3.63) is 68.3 Å². The van der Waals surface area contributed by atoms with E-state index in [1.165, 1.54) is 0 Å². The molecule has 0 aliphatic rings. The molecule has 0 aliphatic heterocycles. The van der Waals surface area contributed by atoms with Gasteiger partial charge in [0.25, 0.3) is 11.5 Å². The molecule has 1 amide bonds. The predicted octanol–water partition coefficient (Wildman–Crippen LogP) is 3.42. The number of benzene rings is 1. The summed E-state index contributed by atoms with van der Waals surface area (Å²) in [6, 6.07) is 5.44. The van der Waals surface area contributed by atoms with Gasteiger partial charge < -0.3 is 20.7 Å². The average molecular weight is 422 g/mol. The van der Waals surface area contributed by atoms with Crippen molar-refractivity contribution in [3.63, 3.8) is 0 Å². The van der Waals surface area contributed by atoms with E-state index in [0.29, 0.717) is 16.7 Å². The van der Waals surface area contributed by atoms with Gasteiger partial charge in [-0.05, 0) is 63.9 Å². The van der Waals surface area contributed by atoms with Crippen molar-refractivity contribution in [1.29, 1.82) is 5.41 Å². The highest BCUT2D eigenvalue weighted by atomic mass is 16.1. The Morgan fingerprint density at radius 1 is 1.23 bits per heavy atom. The zero-order chi connectivity index (χ0) is 22.9. The van der Waals surface area contributed by atoms with E-state index >= 15 is 0 Å². The molecule has 0 bridgehead atoms. The molecule has 2 heterocycles. The highest BCUT2D eigenvalue weighted by molar-refractivity contribution is 6.11. The molecule has 9 heteroatoms. The minimum absolute atomic E-state index is 0.0931. The molecule has 0 atom stereocenters. The minimum Gasteiger partial charge on any atom is -0.348 e. The summed E-state index contributed by atoms with van der Waals surface area (Å²) < 4.78 is 2.05. The Morgan fingerprint density at radius 2 is 1.94 bits per heavy atom. The number of aromatic amines is 1. The van der Waals surface area contributed by atoms with Gasteiger partial charge >= 0.3 is 0 Å². The van der Waals surface area contributed by atoms with E-state index in [2.05, 4.69) is 20.6 Å². The van der Waals surface area contributed by atoms with Crippen LogP contribution in [0.15, 0.2) is 39.5 Å². The lowest BCUT2D eigenvalue weighted by atomic mass is 10.0. The molecule has 0 spiro atoms. The molecule has 0 radical (unpaired) electrons. The largest absolute Gasteiger partial charge is 0.348 e. The third-order valence-corrected chi connectivity index (χ3v) is 5.27. The molecule has 0 aliphatic carbocycles. The number of carbonyl (C=O) groups is 1. The van der Waals surface area contributed by atoms with Gasteiger partial charge in [0.15, 0.2) is 5.84 Å². The van der Waals surface area contributed by atoms with E-state index in [-0.39, 0.29) is 29.9 Å². The van der Waals surface area contributed by atoms with Crippen molar-refractivity contribution in [3.8, 4) is 0 Å². The van der Waals surface area contributed by atoms with E-state index in [9.17, 15) is 9.59 Å². The fourth-order valence-corrected chi connectivity index (χ4v) is 3.81. The maximum Gasteiger partial charge on any atom is 0.253 e. The van der Waals surface area contributed by atoms with Gasteiger partial charge in [0.1, 0.15) is 0 Å². The molecule has 0 fully saturated rings. The van der Waals surface area contributed by atoms with Gasteiger partial charge in [0.2, 0.25) is 0 Å². The lowest BCUT2D eigenvalue weighted by Crippen LogP contribution is -2.28. The number of H-pyrrole nitrogens is 1. The van der Waals surface area contributed by atoms with Gasteiger partial charge in [-0.25, -0.2) is 0 Å². The summed E-state index contributed by atoms with van der Waals surface area (Å²) in [5.74, 6) is 4.63. The number of nitrogens with zero attached hydrogens (tertiary/aromatic N) is 3. The lowest BCUT2D eigenvalue weighted by Gasteiger charge is -2.13. The topological polar surface area (TPSA) is 141 Å². The van der Waals surface area contributed by atoms with Crippen LogP contribution in [0.4, 0.5) is 0 Å². The average Bonchev–Trinajstić information content (AvgIpc) is 3.03. The first-order chi connectivity index (χ1) is 14.6. The SMILES string of the molecule is Cc1cc(C)c(CNC(=O)c2cc(C(=N)N=NN)cc3c2c(C)cn3C(C)C)c(=O)[nH]1. The summed E-state index contributed by atoms with van der Waals surface area (Å²) in [4.78, 5) is 28.3. The van der Waals surface area contributed by atoms with Gasteiger partial charge in [-0.3, -0.25) is 15.0 Å². The lowest BCUT2D eigenvalue weighted by molar-refractivity contribution is 0.0952. The maximum absolute atomic E-state index is 13.2. The second-order valence-electron chi connectivity index (χ2n) is 7.92. The van der Waals surface area contributed by atoms with Crippen molar-refractivity contribution >= 4 is 22.6 Å². The van der Waals surface area contributed by atoms with Crippen molar-refractivity contribution in [2.45, 2.75) is 47.2 Å². The highest BCUT2D eigenvalue weighted by Crippen LogP contribution is 2.29. The van der Waals surface area contributed by atoms with Crippen LogP contribution in [0.25, 0.3) is 10.9 Å². The monoisotopic (exact) mass is 421 g/mol. The molecule has 0 unspecified atom stereocenters. The predicted molar refractivity (Wildman–Crippen MR) is 121 cm³/mol. The third kappa shape index (κ3) is 4.25. The Morgan fingerprint density at radius 3 is 2.55 bits per heavy atom. The van der Waals surface area contributed by atoms with Gasteiger partial charge in [0.05, 0.1) is 5.52 Å². The Hall–Kier alpha value is -3.75. The molecule has 2 aromatic heterocycles. The summed E-state index contributed by atoms with van der Waals surface area (Å²) in [7, 11) is 0. The van der Waals surface area contributed by atoms with Crippen molar-refractivity contribution < 1.29 is 4.79 Å². The number of hydrogen-bond donors (Lipinski definition) is 4. The van der Waals surface area contributed by atoms with Crippen LogP contribution in [0.3, 0.4) is 0 Å². The number of hydrogen-bond acceptors (Lipinski definition) is 4. The summed E-state index contributed by atoms with van der Waals surface area (Å²) in [5.41, 5.74) is 4.46. The fraction of sp³-hybridized carbons (Fsp3) is 0.318. The zero-order valence-corrected chi connectivity index (χ0v) is 18.3. The van der Waals surface area contributed by atoms with Crippen LogP contribution in [-0.2, 0) is 6.54 Å². The normalized spacial score (nSPS) is 11.5. The first-order valence-corrected chi connectivity index (χ1v) is 9.96. The Labute approximate surface area is 179 Å². The maximum atomic E-state index is 13.2. The van der Waals surface area contributed by atoms with E-state index in [1.807, 2.05) is 57.5 Å². The quantitative estimate of drug-likeness (QED) is 0.165. The second-order valence-corrected chi connectivity index (χ2v) is 7.92. The highest BCUT2D eigenvalue weighted by Gasteiger charge is 2.20. The smallest absolute Gasteiger partial charge is 0.253 e. The van der Waals surface area contributed by atoms with Crippen molar-refractivity contribution in [1.82, 2.24) is 14.9 Å². The van der Waals surface area contributed by atoms with Gasteiger partial charge in [0, 0.05) is 46.6 Å². The van der Waals surface area contributed by atoms with Crippen LogP contribution in [0.1, 0.15) is 58.2 Å². The summed E-state index contributed by atoms with van der Waals surface area (Å²) in [5, 5.41) is 18.6. The standard InChI is InChI=1S/C22H27N7O2/c1-11(2)29-10-13(4)19-16(7-15(8-18(19)29)20(23)27-28-24)21(30)25-9-17-12(3)6-14(5)26-22(17)31/h6-8,10-11H,9H2,1-5H3,(H,25,30)(H,26,31)(H3,23,24,27). The van der Waals surface area contributed by atoms with Crippen LogP contribution in [0.5, 0.6) is 0 Å². The Balaban J connectivity index is 2.08. The molecular weight excluding hydrogens is 394 g/mol. The van der Waals surface area contributed by atoms with Crippen LogP contribution in [0.2, 0.25) is 0 Å². The zero-order valence-electron chi connectivity index (χ0n) is 18.3. The summed E-state index contributed by atoms with van der Waals surface area (Å²) in [6.07, 6.45) is 1.98. The molecule has 162 valence electrons. The number of amides is 1. The number of nitrogens with one attached hydrogen (secondary N) is 3. The van der Waals surface area contributed by atoms with E-state index in [1.54, 1.807) is 6.07 Å². The number of nitrogens with two attached hydrogens (primary N) is 1. The van der Waals surface area contributed by atoms with Crippen LogP contribution >= 0.6 is 0 Å². The number of rotatable bonds is 5. The number of pyridine rings is 1. The summed E-state index contributed by atoms with van der Waals surface area (Å²) >= 11 is 0. The van der Waals surface area contributed by atoms with Crippen LogP contribution in [0, 0.1) is 26.2 Å². The molecule has 0 saturated carbocycles. The minimum atomic E-state index is -0.340. The second kappa shape index (κ2) is 8.55. The van der Waals surface area contributed by atoms with E-state index in [4.69, 9.17) is 11.3 Å². The molecule has 3 aromatic rings. The molecule has 3 rings (SSSR count). The first kappa shape index (κ1) is 21.9. The number of amidine groups is 1. The molecule has 5 N–H and O–H groups in total. The number of fused-ring (bicyclic) bond motifs is 1. The van der Waals surface area contributed by atoms with Gasteiger partial charge in [-0.2, -0.15) is 0 Å². The number of carbonyl (C=O) groups excluding carboxylic acids is 1. The van der Waals surface area contributed by atoms with E-state index in [0.717, 1.165) is 27.7 Å². The first-order valence-electron chi connectivity index (χ1n) is 9.96. The molecular formula is C22H27N7O2. The van der Waals surface area contributed by atoms with E-state index < -0.39 is 0 Å². The van der Waals surface area contributed by atoms with Gasteiger partial charge in [-0.1, -0.05) is 5.22 Å². The third-order valence-electron chi connectivity index (χ3n) is 5.27. The Bertz CT molecular complexity index is 1270. The fourth-order valence-electron chi connectivity index (χ4n) is 3.81. The van der Waals surface area contributed by atoms with Gasteiger partial charge in [-0.15, -0.1) is 5.11 Å². The van der Waals surface area contributed by atoms with Crippen LogP contribution in [-0.4, -0.2) is 21.3 Å². The van der Waals surface area contributed by atoms with Crippen molar-refractivity contribution in [2.75, 3.05) is 0 Å². The summed E-state index contributed by atoms with van der Waals surface area (Å²) in [6.45, 7) is 9.78. The van der Waals surface area contributed by atoms with Crippen molar-refractivity contribution in [2.24, 2.45) is 16.2 Å². The number of aryl methyl sites for hydroxylation is 3. The molecule has 0 saturated heterocycles.